The molecule has 0 saturated carbocycles. The van der Waals surface area contributed by atoms with Gasteiger partial charge in [0.15, 0.2) is 0 Å². The third-order valence-electron chi connectivity index (χ3n) is 4.54. The number of benzene rings is 2. The summed E-state index contributed by atoms with van der Waals surface area (Å²) >= 11 is 0. The molecule has 0 bridgehead atoms. The van der Waals surface area contributed by atoms with E-state index in [1.54, 1.807) is 0 Å². The van der Waals surface area contributed by atoms with Crippen LogP contribution in [0.3, 0.4) is 0 Å². The molecule has 2 aromatic rings. The van der Waals surface area contributed by atoms with Crippen molar-refractivity contribution in [2.45, 2.75) is 25.7 Å². The Kier molecular flexibility index (Phi) is 7.15. The maximum absolute atomic E-state index is 11.7. The Morgan fingerprint density at radius 3 is 1.88 bits per heavy atom. The van der Waals surface area contributed by atoms with Gasteiger partial charge in [-0.05, 0) is 36.8 Å². The second-order valence-electron chi connectivity index (χ2n) is 6.50. The van der Waals surface area contributed by atoms with E-state index in [0.29, 0.717) is 24.8 Å². The Balaban J connectivity index is 2.01. The predicted molar refractivity (Wildman–Crippen MR) is 101 cm³/mol. The standard InChI is InChI=1S/C22H24O4/c1-16(14-19(21(23)24)15-18-10-6-3-7-11-18)20(22(25)26)13-12-17-8-4-2-5-9-17/h2-11,19-20H,1,12-15H2,(H,23,24)(H,25,26). The van der Waals surface area contributed by atoms with Crippen molar-refractivity contribution in [3.63, 3.8) is 0 Å². The second-order valence-corrected chi connectivity index (χ2v) is 6.50. The zero-order chi connectivity index (χ0) is 18.9. The normalized spacial score (nSPS) is 12.9. The first-order valence-electron chi connectivity index (χ1n) is 8.68. The van der Waals surface area contributed by atoms with Crippen molar-refractivity contribution < 1.29 is 19.8 Å². The molecular formula is C22H24O4. The summed E-state index contributed by atoms with van der Waals surface area (Å²) < 4.78 is 0. The van der Waals surface area contributed by atoms with Crippen LogP contribution >= 0.6 is 0 Å². The Morgan fingerprint density at radius 1 is 0.846 bits per heavy atom. The summed E-state index contributed by atoms with van der Waals surface area (Å²) in [5.74, 6) is -3.30. The summed E-state index contributed by atoms with van der Waals surface area (Å²) in [7, 11) is 0. The Hall–Kier alpha value is -2.88. The van der Waals surface area contributed by atoms with Gasteiger partial charge >= 0.3 is 11.9 Å². The Bertz CT molecular complexity index is 737. The second kappa shape index (κ2) is 9.56. The minimum absolute atomic E-state index is 0.163. The van der Waals surface area contributed by atoms with Gasteiger partial charge in [0.2, 0.25) is 0 Å². The van der Waals surface area contributed by atoms with E-state index in [1.807, 2.05) is 60.7 Å². The third kappa shape index (κ3) is 5.88. The zero-order valence-electron chi connectivity index (χ0n) is 14.7. The quantitative estimate of drug-likeness (QED) is 0.628. The first-order chi connectivity index (χ1) is 12.5. The van der Waals surface area contributed by atoms with E-state index in [4.69, 9.17) is 0 Å². The van der Waals surface area contributed by atoms with Gasteiger partial charge in [-0.1, -0.05) is 72.8 Å². The van der Waals surface area contributed by atoms with Crippen LogP contribution in [0.15, 0.2) is 72.8 Å². The lowest BCUT2D eigenvalue weighted by Gasteiger charge is -2.19. The first-order valence-corrected chi connectivity index (χ1v) is 8.68. The van der Waals surface area contributed by atoms with E-state index in [1.165, 1.54) is 0 Å². The lowest BCUT2D eigenvalue weighted by atomic mass is 9.85. The van der Waals surface area contributed by atoms with Gasteiger partial charge in [0, 0.05) is 0 Å². The molecule has 0 radical (unpaired) electrons. The van der Waals surface area contributed by atoms with E-state index in [9.17, 15) is 19.8 Å². The molecule has 2 unspecified atom stereocenters. The average molecular weight is 352 g/mol. The van der Waals surface area contributed by atoms with Crippen LogP contribution in [0.2, 0.25) is 0 Å². The number of aryl methyl sites for hydroxylation is 1. The predicted octanol–water partition coefficient (Wildman–Crippen LogP) is 4.21. The third-order valence-corrected chi connectivity index (χ3v) is 4.54. The fourth-order valence-electron chi connectivity index (χ4n) is 3.06. The summed E-state index contributed by atoms with van der Waals surface area (Å²) in [4.78, 5) is 23.3. The van der Waals surface area contributed by atoms with Crippen LogP contribution in [-0.2, 0) is 22.4 Å². The monoisotopic (exact) mass is 352 g/mol. The van der Waals surface area contributed by atoms with E-state index < -0.39 is 23.8 Å². The smallest absolute Gasteiger partial charge is 0.310 e. The number of carboxylic acid groups (broad SMARTS) is 2. The molecule has 0 aliphatic rings. The SMILES string of the molecule is C=C(CC(Cc1ccccc1)C(=O)O)C(CCc1ccccc1)C(=O)O. The van der Waals surface area contributed by atoms with Gasteiger partial charge in [-0.15, -0.1) is 0 Å². The van der Waals surface area contributed by atoms with Gasteiger partial charge in [0.25, 0.3) is 0 Å². The van der Waals surface area contributed by atoms with Gasteiger partial charge in [0.05, 0.1) is 11.8 Å². The molecule has 0 spiro atoms. The minimum atomic E-state index is -0.949. The molecule has 2 atom stereocenters. The highest BCUT2D eigenvalue weighted by atomic mass is 16.4. The fourth-order valence-corrected chi connectivity index (χ4v) is 3.06. The topological polar surface area (TPSA) is 74.6 Å². The van der Waals surface area contributed by atoms with E-state index in [2.05, 4.69) is 6.58 Å². The Labute approximate surface area is 153 Å². The zero-order valence-corrected chi connectivity index (χ0v) is 14.7. The number of hydrogen-bond donors (Lipinski definition) is 2. The number of aliphatic carboxylic acids is 2. The molecule has 4 nitrogen and oxygen atoms in total. The number of hydrogen-bond acceptors (Lipinski definition) is 2. The summed E-state index contributed by atoms with van der Waals surface area (Å²) in [5, 5.41) is 19.1. The van der Waals surface area contributed by atoms with Crippen molar-refractivity contribution in [1.82, 2.24) is 0 Å². The van der Waals surface area contributed by atoms with Crippen molar-refractivity contribution in [2.75, 3.05) is 0 Å². The van der Waals surface area contributed by atoms with E-state index in [-0.39, 0.29) is 6.42 Å². The summed E-state index contributed by atoms with van der Waals surface area (Å²) in [5.41, 5.74) is 2.45. The molecule has 0 aromatic heterocycles. The van der Waals surface area contributed by atoms with Crippen LogP contribution in [0, 0.1) is 11.8 Å². The van der Waals surface area contributed by atoms with Gasteiger partial charge in [-0.3, -0.25) is 9.59 Å². The van der Waals surface area contributed by atoms with Crippen LogP contribution in [-0.4, -0.2) is 22.2 Å². The van der Waals surface area contributed by atoms with Crippen molar-refractivity contribution >= 4 is 11.9 Å². The van der Waals surface area contributed by atoms with E-state index >= 15 is 0 Å². The average Bonchev–Trinajstić information content (AvgIpc) is 2.62. The molecule has 0 saturated heterocycles. The molecule has 2 aromatic carbocycles. The fraction of sp³-hybridized carbons (Fsp3) is 0.273. The number of carbonyl (C=O) groups is 2. The molecule has 0 fully saturated rings. The first kappa shape index (κ1) is 19.4. The van der Waals surface area contributed by atoms with Crippen molar-refractivity contribution in [1.29, 1.82) is 0 Å². The lowest BCUT2D eigenvalue weighted by Crippen LogP contribution is -2.23. The number of rotatable bonds is 10. The molecular weight excluding hydrogens is 328 g/mol. The summed E-state index contributed by atoms with van der Waals surface area (Å²) in [6.07, 6.45) is 1.55. The van der Waals surface area contributed by atoms with Gasteiger partial charge < -0.3 is 10.2 Å². The van der Waals surface area contributed by atoms with Crippen LogP contribution in [0.25, 0.3) is 0 Å². The highest BCUT2D eigenvalue weighted by Gasteiger charge is 2.26. The molecule has 4 heteroatoms. The van der Waals surface area contributed by atoms with Gasteiger partial charge in [-0.25, -0.2) is 0 Å². The highest BCUT2D eigenvalue weighted by Crippen LogP contribution is 2.25. The molecule has 2 N–H and O–H groups in total. The van der Waals surface area contributed by atoms with Crippen molar-refractivity contribution in [3.8, 4) is 0 Å². The van der Waals surface area contributed by atoms with Crippen LogP contribution < -0.4 is 0 Å². The van der Waals surface area contributed by atoms with Gasteiger partial charge in [-0.2, -0.15) is 0 Å². The highest BCUT2D eigenvalue weighted by molar-refractivity contribution is 5.75. The maximum Gasteiger partial charge on any atom is 0.310 e. The van der Waals surface area contributed by atoms with Crippen LogP contribution in [0.5, 0.6) is 0 Å². The van der Waals surface area contributed by atoms with Crippen molar-refractivity contribution in [2.24, 2.45) is 11.8 Å². The van der Waals surface area contributed by atoms with Crippen LogP contribution in [0.4, 0.5) is 0 Å². The van der Waals surface area contributed by atoms with Crippen molar-refractivity contribution in [3.05, 3.63) is 83.9 Å². The van der Waals surface area contributed by atoms with Crippen LogP contribution in [0.1, 0.15) is 24.0 Å². The van der Waals surface area contributed by atoms with E-state index in [0.717, 1.165) is 11.1 Å². The van der Waals surface area contributed by atoms with Gasteiger partial charge in [0.1, 0.15) is 0 Å². The summed E-state index contributed by atoms with van der Waals surface area (Å²) in [6.45, 7) is 3.91. The molecule has 26 heavy (non-hydrogen) atoms. The molecule has 0 heterocycles. The lowest BCUT2D eigenvalue weighted by molar-refractivity contribution is -0.143. The largest absolute Gasteiger partial charge is 0.481 e. The molecule has 136 valence electrons. The maximum atomic E-state index is 11.7. The molecule has 0 amide bonds. The molecule has 0 aliphatic heterocycles. The Morgan fingerprint density at radius 2 is 1.38 bits per heavy atom. The molecule has 2 rings (SSSR count). The molecule has 0 aliphatic carbocycles. The minimum Gasteiger partial charge on any atom is -0.481 e. The number of carboxylic acids is 2. The summed E-state index contributed by atoms with van der Waals surface area (Å²) in [6, 6.07) is 19.0.